The van der Waals surface area contributed by atoms with Gasteiger partial charge >= 0.3 is 0 Å². The number of halogens is 2. The van der Waals surface area contributed by atoms with Crippen molar-refractivity contribution in [1.82, 2.24) is 9.66 Å². The summed E-state index contributed by atoms with van der Waals surface area (Å²) in [5.74, 6) is 0.654. The second kappa shape index (κ2) is 11.5. The topological polar surface area (TPSA) is 85.6 Å². The van der Waals surface area contributed by atoms with E-state index in [1.165, 1.54) is 10.9 Å². The van der Waals surface area contributed by atoms with E-state index in [-0.39, 0.29) is 18.1 Å². The van der Waals surface area contributed by atoms with Crippen molar-refractivity contribution in [3.8, 4) is 5.75 Å². The maximum absolute atomic E-state index is 13.2. The van der Waals surface area contributed by atoms with Gasteiger partial charge in [-0.3, -0.25) is 9.59 Å². The van der Waals surface area contributed by atoms with Crippen LogP contribution in [0.3, 0.4) is 0 Å². The zero-order valence-corrected chi connectivity index (χ0v) is 22.1. The standard InChI is InChI=1S/C27H24BrClN4O3/c1-3-4-25-32-23-11-7-19(28)14-22(23)27(35)33(25)30-15-18-13-20(29)8-12-24(18)36-16-26(34)31-21-9-5-17(2)6-10-21/h5-15H,3-4,16H2,1-2H3,(H,31,34). The number of carbonyl (C=O) groups is 1. The highest BCUT2D eigenvalue weighted by molar-refractivity contribution is 9.10. The van der Waals surface area contributed by atoms with Gasteiger partial charge in [-0.15, -0.1) is 0 Å². The van der Waals surface area contributed by atoms with Crippen molar-refractivity contribution in [3.63, 3.8) is 0 Å². The highest BCUT2D eigenvalue weighted by Gasteiger charge is 2.12. The summed E-state index contributed by atoms with van der Waals surface area (Å²) in [4.78, 5) is 30.3. The maximum Gasteiger partial charge on any atom is 0.282 e. The molecular formula is C27H24BrClN4O3. The molecule has 0 unspecified atom stereocenters. The summed E-state index contributed by atoms with van der Waals surface area (Å²) in [5, 5.41) is 8.16. The third kappa shape index (κ3) is 6.19. The van der Waals surface area contributed by atoms with E-state index < -0.39 is 0 Å². The summed E-state index contributed by atoms with van der Waals surface area (Å²) in [7, 11) is 0. The normalized spacial score (nSPS) is 11.2. The summed E-state index contributed by atoms with van der Waals surface area (Å²) < 4.78 is 7.84. The molecule has 0 saturated heterocycles. The molecule has 0 saturated carbocycles. The van der Waals surface area contributed by atoms with Crippen molar-refractivity contribution >= 4 is 56.2 Å². The Morgan fingerprint density at radius 1 is 1.17 bits per heavy atom. The van der Waals surface area contributed by atoms with Crippen LogP contribution in [0.4, 0.5) is 5.69 Å². The van der Waals surface area contributed by atoms with Crippen LogP contribution in [-0.4, -0.2) is 28.4 Å². The molecule has 1 aromatic heterocycles. The van der Waals surface area contributed by atoms with Gasteiger partial charge in [-0.2, -0.15) is 9.78 Å². The number of anilines is 1. The first-order valence-corrected chi connectivity index (χ1v) is 12.6. The third-order valence-corrected chi connectivity index (χ3v) is 6.06. The lowest BCUT2D eigenvalue weighted by Gasteiger charge is -2.11. The van der Waals surface area contributed by atoms with Crippen LogP contribution in [0.25, 0.3) is 10.9 Å². The fourth-order valence-corrected chi connectivity index (χ4v) is 4.09. The molecule has 0 aliphatic rings. The van der Waals surface area contributed by atoms with Crippen LogP contribution in [0, 0.1) is 6.92 Å². The van der Waals surface area contributed by atoms with Crippen LogP contribution < -0.4 is 15.6 Å². The lowest BCUT2D eigenvalue weighted by molar-refractivity contribution is -0.118. The third-order valence-electron chi connectivity index (χ3n) is 5.33. The summed E-state index contributed by atoms with van der Waals surface area (Å²) in [6.45, 7) is 3.78. The molecular weight excluding hydrogens is 544 g/mol. The second-order valence-electron chi connectivity index (χ2n) is 8.19. The Balaban J connectivity index is 1.60. The lowest BCUT2D eigenvalue weighted by Crippen LogP contribution is -2.22. The molecule has 0 aliphatic carbocycles. The van der Waals surface area contributed by atoms with Gasteiger partial charge in [-0.1, -0.05) is 52.2 Å². The minimum absolute atomic E-state index is 0.205. The Hall–Kier alpha value is -3.49. The largest absolute Gasteiger partial charge is 0.483 e. The van der Waals surface area contributed by atoms with Crippen LogP contribution in [-0.2, 0) is 11.2 Å². The van der Waals surface area contributed by atoms with Crippen LogP contribution >= 0.6 is 27.5 Å². The predicted molar refractivity (Wildman–Crippen MR) is 147 cm³/mol. The van der Waals surface area contributed by atoms with E-state index in [0.29, 0.717) is 45.2 Å². The van der Waals surface area contributed by atoms with Gasteiger partial charge in [0.2, 0.25) is 0 Å². The molecule has 0 atom stereocenters. The van der Waals surface area contributed by atoms with Gasteiger partial charge in [0.15, 0.2) is 6.61 Å². The number of benzene rings is 3. The number of hydrogen-bond acceptors (Lipinski definition) is 5. The fraction of sp³-hybridized carbons (Fsp3) is 0.185. The molecule has 4 aromatic rings. The Morgan fingerprint density at radius 2 is 1.94 bits per heavy atom. The second-order valence-corrected chi connectivity index (χ2v) is 9.54. The Kier molecular flexibility index (Phi) is 8.18. The van der Waals surface area contributed by atoms with E-state index in [0.717, 1.165) is 16.5 Å². The average Bonchev–Trinajstić information content (AvgIpc) is 2.85. The van der Waals surface area contributed by atoms with Crippen molar-refractivity contribution in [1.29, 1.82) is 0 Å². The summed E-state index contributed by atoms with van der Waals surface area (Å²) in [6.07, 6.45) is 2.87. The number of nitrogens with zero attached hydrogens (tertiary/aromatic N) is 3. The van der Waals surface area contributed by atoms with Crippen molar-refractivity contribution in [2.45, 2.75) is 26.7 Å². The first-order valence-electron chi connectivity index (χ1n) is 11.4. The fourth-order valence-electron chi connectivity index (χ4n) is 3.55. The minimum atomic E-state index is -0.303. The zero-order chi connectivity index (χ0) is 25.7. The summed E-state index contributed by atoms with van der Waals surface area (Å²) in [5.41, 5.74) is 2.65. The molecule has 1 heterocycles. The number of aromatic nitrogens is 2. The van der Waals surface area contributed by atoms with Gasteiger partial charge in [-0.25, -0.2) is 4.98 Å². The number of hydrogen-bond donors (Lipinski definition) is 1. The molecule has 7 nitrogen and oxygen atoms in total. The molecule has 4 rings (SSSR count). The molecule has 0 radical (unpaired) electrons. The summed E-state index contributed by atoms with van der Waals surface area (Å²) in [6, 6.07) is 17.9. The molecule has 1 amide bonds. The van der Waals surface area contributed by atoms with E-state index >= 15 is 0 Å². The summed E-state index contributed by atoms with van der Waals surface area (Å²) >= 11 is 9.61. The highest BCUT2D eigenvalue weighted by atomic mass is 79.9. The van der Waals surface area contributed by atoms with Gasteiger partial charge in [0.05, 0.1) is 17.1 Å². The number of amides is 1. The smallest absolute Gasteiger partial charge is 0.282 e. The van der Waals surface area contributed by atoms with E-state index in [1.807, 2.05) is 44.2 Å². The van der Waals surface area contributed by atoms with Crippen molar-refractivity contribution in [3.05, 3.63) is 97.5 Å². The molecule has 184 valence electrons. The number of nitrogens with one attached hydrogen (secondary N) is 1. The van der Waals surface area contributed by atoms with Gasteiger partial charge in [0, 0.05) is 27.2 Å². The quantitative estimate of drug-likeness (QED) is 0.266. The number of ether oxygens (including phenoxy) is 1. The molecule has 0 fully saturated rings. The molecule has 36 heavy (non-hydrogen) atoms. The Bertz CT molecular complexity index is 1500. The molecule has 9 heteroatoms. The first kappa shape index (κ1) is 25.6. The maximum atomic E-state index is 13.2. The molecule has 1 N–H and O–H groups in total. The average molecular weight is 568 g/mol. The SMILES string of the molecule is CCCc1nc2ccc(Br)cc2c(=O)n1N=Cc1cc(Cl)ccc1OCC(=O)Nc1ccc(C)cc1. The minimum Gasteiger partial charge on any atom is -0.483 e. The van der Waals surface area contributed by atoms with E-state index in [9.17, 15) is 9.59 Å². The van der Waals surface area contributed by atoms with Crippen molar-refractivity contribution < 1.29 is 9.53 Å². The van der Waals surface area contributed by atoms with Crippen LogP contribution in [0.1, 0.15) is 30.3 Å². The monoisotopic (exact) mass is 566 g/mol. The van der Waals surface area contributed by atoms with Crippen molar-refractivity contribution in [2.75, 3.05) is 11.9 Å². The zero-order valence-electron chi connectivity index (χ0n) is 19.8. The van der Waals surface area contributed by atoms with Gasteiger partial charge < -0.3 is 10.1 Å². The van der Waals surface area contributed by atoms with E-state index in [2.05, 4.69) is 31.3 Å². The molecule has 3 aromatic carbocycles. The number of rotatable bonds is 8. The number of aryl methyl sites for hydroxylation is 2. The number of carbonyl (C=O) groups excluding carboxylic acids is 1. The van der Waals surface area contributed by atoms with E-state index in [4.69, 9.17) is 16.3 Å². The first-order chi connectivity index (χ1) is 17.3. The lowest BCUT2D eigenvalue weighted by atomic mass is 10.2. The van der Waals surface area contributed by atoms with Crippen LogP contribution in [0.15, 0.2) is 75.0 Å². The van der Waals surface area contributed by atoms with Gasteiger partial charge in [0.1, 0.15) is 11.6 Å². The molecule has 0 spiro atoms. The Labute approximate surface area is 221 Å². The van der Waals surface area contributed by atoms with Crippen LogP contribution in [0.5, 0.6) is 5.75 Å². The highest BCUT2D eigenvalue weighted by Crippen LogP contribution is 2.22. The molecule has 0 aliphatic heterocycles. The predicted octanol–water partition coefficient (Wildman–Crippen LogP) is 5.97. The van der Waals surface area contributed by atoms with Gasteiger partial charge in [-0.05, 0) is 61.9 Å². The number of fused-ring (bicyclic) bond motifs is 1. The van der Waals surface area contributed by atoms with Crippen LogP contribution in [0.2, 0.25) is 5.02 Å². The van der Waals surface area contributed by atoms with Gasteiger partial charge in [0.25, 0.3) is 11.5 Å². The Morgan fingerprint density at radius 3 is 2.69 bits per heavy atom. The van der Waals surface area contributed by atoms with Crippen molar-refractivity contribution in [2.24, 2.45) is 5.10 Å². The molecule has 0 bridgehead atoms. The van der Waals surface area contributed by atoms with E-state index in [1.54, 1.807) is 30.3 Å².